The second kappa shape index (κ2) is 5.14. The first kappa shape index (κ1) is 11.2. The minimum atomic E-state index is -0.400. The molecule has 4 nitrogen and oxygen atoms in total. The average molecular weight is 206 g/mol. The second-order valence-corrected chi connectivity index (χ2v) is 3.06. The van der Waals surface area contributed by atoms with E-state index in [1.807, 2.05) is 0 Å². The molecule has 0 aliphatic heterocycles. The van der Waals surface area contributed by atoms with Crippen LogP contribution in [0.15, 0.2) is 18.9 Å². The van der Waals surface area contributed by atoms with Crippen LogP contribution >= 0.6 is 0 Å². The first-order chi connectivity index (χ1) is 7.15. The van der Waals surface area contributed by atoms with Gasteiger partial charge >= 0.3 is 5.97 Å². The maximum Gasteiger partial charge on any atom is 0.330 e. The second-order valence-electron chi connectivity index (χ2n) is 3.06. The SMILES string of the molecule is C=CC(=O)OCCCn1ncc(=C)c1=C. The zero-order valence-electron chi connectivity index (χ0n) is 8.61. The van der Waals surface area contributed by atoms with Crippen molar-refractivity contribution in [3.05, 3.63) is 29.4 Å². The van der Waals surface area contributed by atoms with Gasteiger partial charge in [-0.2, -0.15) is 5.10 Å². The van der Waals surface area contributed by atoms with Gasteiger partial charge in [-0.3, -0.25) is 4.68 Å². The van der Waals surface area contributed by atoms with E-state index in [0.717, 1.165) is 16.6 Å². The molecular weight excluding hydrogens is 192 g/mol. The molecule has 0 radical (unpaired) electrons. The highest BCUT2D eigenvalue weighted by Gasteiger charge is 1.97. The summed E-state index contributed by atoms with van der Waals surface area (Å²) in [5, 5.41) is 5.70. The summed E-state index contributed by atoms with van der Waals surface area (Å²) in [5.41, 5.74) is 0. The summed E-state index contributed by atoms with van der Waals surface area (Å²) in [5.74, 6) is -0.400. The van der Waals surface area contributed by atoms with Crippen LogP contribution in [0.5, 0.6) is 0 Å². The molecule has 0 saturated heterocycles. The van der Waals surface area contributed by atoms with Gasteiger partial charge < -0.3 is 4.74 Å². The predicted octanol–water partition coefficient (Wildman–Crippen LogP) is -0.177. The molecule has 0 saturated carbocycles. The van der Waals surface area contributed by atoms with Gasteiger partial charge in [0.15, 0.2) is 0 Å². The number of ether oxygens (including phenoxy) is 1. The van der Waals surface area contributed by atoms with Crippen LogP contribution in [-0.4, -0.2) is 22.4 Å². The van der Waals surface area contributed by atoms with Gasteiger partial charge in [-0.05, 0) is 0 Å². The summed E-state index contributed by atoms with van der Waals surface area (Å²) in [6.07, 6.45) is 3.51. The van der Waals surface area contributed by atoms with Crippen molar-refractivity contribution in [1.29, 1.82) is 0 Å². The van der Waals surface area contributed by atoms with Gasteiger partial charge in [-0.15, -0.1) is 0 Å². The standard InChI is InChI=1S/C11H14N2O2/c1-4-11(14)15-7-5-6-13-10(3)9(2)8-12-13/h4,8H,1-3,5-7H2. The number of hydrogen-bond donors (Lipinski definition) is 0. The molecule has 0 aliphatic carbocycles. The van der Waals surface area contributed by atoms with Crippen LogP contribution < -0.4 is 10.6 Å². The Morgan fingerprint density at radius 3 is 2.87 bits per heavy atom. The van der Waals surface area contributed by atoms with E-state index in [1.165, 1.54) is 0 Å². The molecule has 15 heavy (non-hydrogen) atoms. The maximum absolute atomic E-state index is 10.7. The Balaban J connectivity index is 2.36. The Labute approximate surface area is 88.2 Å². The molecule has 4 heteroatoms. The van der Waals surface area contributed by atoms with Gasteiger partial charge in [0.05, 0.1) is 18.2 Å². The number of carbonyl (C=O) groups excluding carboxylic acids is 1. The Morgan fingerprint density at radius 2 is 2.33 bits per heavy atom. The molecule has 1 heterocycles. The highest BCUT2D eigenvalue weighted by Crippen LogP contribution is 1.87. The molecule has 0 aliphatic rings. The lowest BCUT2D eigenvalue weighted by Crippen LogP contribution is -2.27. The van der Waals surface area contributed by atoms with Crippen LogP contribution in [0, 0.1) is 0 Å². The van der Waals surface area contributed by atoms with E-state index in [1.54, 1.807) is 10.9 Å². The fraction of sp³-hybridized carbons (Fsp3) is 0.273. The van der Waals surface area contributed by atoms with E-state index in [-0.39, 0.29) is 0 Å². The van der Waals surface area contributed by atoms with Gasteiger partial charge in [0.2, 0.25) is 0 Å². The van der Waals surface area contributed by atoms with E-state index in [4.69, 9.17) is 4.74 Å². The summed E-state index contributed by atoms with van der Waals surface area (Å²) >= 11 is 0. The van der Waals surface area contributed by atoms with Crippen molar-refractivity contribution in [2.45, 2.75) is 13.0 Å². The lowest BCUT2D eigenvalue weighted by molar-refractivity contribution is -0.137. The molecule has 0 atom stereocenters. The number of hydrogen-bond acceptors (Lipinski definition) is 3. The van der Waals surface area contributed by atoms with E-state index in [2.05, 4.69) is 24.8 Å². The molecule has 1 rings (SSSR count). The average Bonchev–Trinajstić information content (AvgIpc) is 2.55. The molecule has 0 fully saturated rings. The van der Waals surface area contributed by atoms with Crippen LogP contribution in [0.25, 0.3) is 13.2 Å². The molecular formula is C11H14N2O2. The van der Waals surface area contributed by atoms with Crippen LogP contribution in [0.3, 0.4) is 0 Å². The monoisotopic (exact) mass is 206 g/mol. The topological polar surface area (TPSA) is 44.1 Å². The van der Waals surface area contributed by atoms with E-state index in [9.17, 15) is 4.79 Å². The Kier molecular flexibility index (Phi) is 3.85. The van der Waals surface area contributed by atoms with E-state index < -0.39 is 5.97 Å². The van der Waals surface area contributed by atoms with Gasteiger partial charge in [-0.25, -0.2) is 4.79 Å². The first-order valence-electron chi connectivity index (χ1n) is 4.64. The van der Waals surface area contributed by atoms with E-state index in [0.29, 0.717) is 19.6 Å². The third kappa shape index (κ3) is 3.09. The zero-order chi connectivity index (χ0) is 11.3. The first-order valence-corrected chi connectivity index (χ1v) is 4.64. The fourth-order valence-corrected chi connectivity index (χ4v) is 1.09. The van der Waals surface area contributed by atoms with Crippen molar-refractivity contribution in [2.24, 2.45) is 0 Å². The summed E-state index contributed by atoms with van der Waals surface area (Å²) in [6.45, 7) is 11.9. The third-order valence-corrected chi connectivity index (χ3v) is 1.96. The highest BCUT2D eigenvalue weighted by atomic mass is 16.5. The molecule has 0 aromatic carbocycles. The minimum Gasteiger partial charge on any atom is -0.462 e. The summed E-state index contributed by atoms with van der Waals surface area (Å²) in [6, 6.07) is 0. The largest absolute Gasteiger partial charge is 0.462 e. The van der Waals surface area contributed by atoms with E-state index >= 15 is 0 Å². The molecule has 1 aromatic rings. The number of aryl methyl sites for hydroxylation is 1. The van der Waals surface area contributed by atoms with Crippen molar-refractivity contribution in [1.82, 2.24) is 9.78 Å². The van der Waals surface area contributed by atoms with Crippen LogP contribution in [0.4, 0.5) is 0 Å². The highest BCUT2D eigenvalue weighted by molar-refractivity contribution is 5.81. The third-order valence-electron chi connectivity index (χ3n) is 1.96. The van der Waals surface area contributed by atoms with Crippen LogP contribution in [0.2, 0.25) is 0 Å². The van der Waals surface area contributed by atoms with Crippen molar-refractivity contribution in [3.8, 4) is 0 Å². The van der Waals surface area contributed by atoms with Gasteiger partial charge in [0.1, 0.15) is 0 Å². The maximum atomic E-state index is 10.7. The van der Waals surface area contributed by atoms with Crippen molar-refractivity contribution >= 4 is 19.1 Å². The number of carbonyl (C=O) groups is 1. The van der Waals surface area contributed by atoms with Crippen molar-refractivity contribution in [3.63, 3.8) is 0 Å². The molecule has 0 N–H and O–H groups in total. The molecule has 0 bridgehead atoms. The Bertz CT molecular complexity index is 448. The normalized spacial score (nSPS) is 9.87. The van der Waals surface area contributed by atoms with Gasteiger partial charge in [0, 0.05) is 24.3 Å². The Hall–Kier alpha value is -1.84. The predicted molar refractivity (Wildman–Crippen MR) is 58.3 cm³/mol. The molecule has 80 valence electrons. The lowest BCUT2D eigenvalue weighted by Gasteiger charge is -2.02. The molecule has 0 amide bonds. The zero-order valence-corrected chi connectivity index (χ0v) is 8.61. The molecule has 0 unspecified atom stereocenters. The number of nitrogens with zero attached hydrogens (tertiary/aromatic N) is 2. The lowest BCUT2D eigenvalue weighted by atomic mass is 10.4. The quantitative estimate of drug-likeness (QED) is 0.381. The fourth-order valence-electron chi connectivity index (χ4n) is 1.09. The van der Waals surface area contributed by atoms with Crippen LogP contribution in [0.1, 0.15) is 6.42 Å². The smallest absolute Gasteiger partial charge is 0.330 e. The summed E-state index contributed by atoms with van der Waals surface area (Å²) in [7, 11) is 0. The van der Waals surface area contributed by atoms with Crippen LogP contribution in [-0.2, 0) is 16.1 Å². The summed E-state index contributed by atoms with van der Waals surface area (Å²) < 4.78 is 6.57. The number of esters is 1. The Morgan fingerprint density at radius 1 is 1.60 bits per heavy atom. The van der Waals surface area contributed by atoms with Gasteiger partial charge in [-0.1, -0.05) is 19.7 Å². The molecule has 1 aromatic heterocycles. The minimum absolute atomic E-state index is 0.358. The van der Waals surface area contributed by atoms with Crippen molar-refractivity contribution < 1.29 is 9.53 Å². The molecule has 0 spiro atoms. The number of rotatable bonds is 5. The van der Waals surface area contributed by atoms with Crippen molar-refractivity contribution in [2.75, 3.05) is 6.61 Å². The number of aromatic nitrogens is 2. The summed E-state index contributed by atoms with van der Waals surface area (Å²) in [4.78, 5) is 10.7. The van der Waals surface area contributed by atoms with Gasteiger partial charge in [0.25, 0.3) is 0 Å².